The van der Waals surface area contributed by atoms with Crippen molar-refractivity contribution in [1.82, 2.24) is 5.32 Å². The summed E-state index contributed by atoms with van der Waals surface area (Å²) < 4.78 is 21.3. The first kappa shape index (κ1) is 12.9. The first-order chi connectivity index (χ1) is 6.31. The minimum Gasteiger partial charge on any atom is -0.481 e. The number of carbonyl (C=O) groups excluding carboxylic acids is 1. The van der Waals surface area contributed by atoms with Crippen LogP contribution in [0.25, 0.3) is 0 Å². The Hall–Kier alpha value is -1.11. The maximum absolute atomic E-state index is 10.7. The van der Waals surface area contributed by atoms with Gasteiger partial charge in [0, 0.05) is 12.8 Å². The molecule has 1 amide bonds. The lowest BCUT2D eigenvalue weighted by molar-refractivity contribution is -0.140. The van der Waals surface area contributed by atoms with Gasteiger partial charge in [0.25, 0.3) is 0 Å². The van der Waals surface area contributed by atoms with Gasteiger partial charge in [0.05, 0.1) is 5.75 Å². The van der Waals surface area contributed by atoms with Crippen LogP contribution in [0.2, 0.25) is 0 Å². The monoisotopic (exact) mass is 223 g/mol. The SMILES string of the molecule is CS(=O)(=O)CCCNC(=O)CC(=O)O. The van der Waals surface area contributed by atoms with Gasteiger partial charge in [-0.1, -0.05) is 0 Å². The first-order valence-corrected chi connectivity index (χ1v) is 6.03. The van der Waals surface area contributed by atoms with Crippen molar-refractivity contribution >= 4 is 21.7 Å². The lowest BCUT2D eigenvalue weighted by Crippen LogP contribution is -2.27. The minimum atomic E-state index is -3.01. The molecule has 0 aliphatic rings. The third kappa shape index (κ3) is 8.98. The number of hydrogen-bond donors (Lipinski definition) is 2. The van der Waals surface area contributed by atoms with E-state index in [0.717, 1.165) is 6.26 Å². The molecule has 0 aromatic rings. The predicted octanol–water partition coefficient (Wildman–Crippen LogP) is -0.988. The molecule has 0 radical (unpaired) electrons. The van der Waals surface area contributed by atoms with Gasteiger partial charge in [-0.15, -0.1) is 0 Å². The van der Waals surface area contributed by atoms with Crippen LogP contribution in [0.1, 0.15) is 12.8 Å². The Bertz CT molecular complexity index is 308. The van der Waals surface area contributed by atoms with Crippen LogP contribution < -0.4 is 5.32 Å². The minimum absolute atomic E-state index is 0.0135. The quantitative estimate of drug-likeness (QED) is 0.445. The summed E-state index contributed by atoms with van der Waals surface area (Å²) in [5.74, 6) is -1.82. The molecule has 0 fully saturated rings. The third-order valence-electron chi connectivity index (χ3n) is 1.33. The van der Waals surface area contributed by atoms with Gasteiger partial charge in [-0.25, -0.2) is 8.42 Å². The molecule has 82 valence electrons. The molecule has 0 rings (SSSR count). The molecule has 0 heterocycles. The van der Waals surface area contributed by atoms with Crippen LogP contribution in [0.5, 0.6) is 0 Å². The van der Waals surface area contributed by atoms with Crippen molar-refractivity contribution in [2.45, 2.75) is 12.8 Å². The maximum Gasteiger partial charge on any atom is 0.312 e. The molecule has 0 spiro atoms. The van der Waals surface area contributed by atoms with Gasteiger partial charge in [0.2, 0.25) is 5.91 Å². The third-order valence-corrected chi connectivity index (χ3v) is 2.36. The van der Waals surface area contributed by atoms with Crippen LogP contribution in [0.15, 0.2) is 0 Å². The van der Waals surface area contributed by atoms with Crippen molar-refractivity contribution < 1.29 is 23.1 Å². The largest absolute Gasteiger partial charge is 0.481 e. The zero-order valence-corrected chi connectivity index (χ0v) is 8.63. The number of nitrogens with one attached hydrogen (secondary N) is 1. The van der Waals surface area contributed by atoms with E-state index in [1.807, 2.05) is 0 Å². The van der Waals surface area contributed by atoms with Gasteiger partial charge >= 0.3 is 5.97 Å². The molecule has 0 aromatic heterocycles. The second-order valence-electron chi connectivity index (χ2n) is 2.90. The molecule has 6 nitrogen and oxygen atoms in total. The first-order valence-electron chi connectivity index (χ1n) is 3.97. The lowest BCUT2D eigenvalue weighted by atomic mass is 10.4. The number of sulfone groups is 1. The van der Waals surface area contributed by atoms with E-state index in [1.54, 1.807) is 0 Å². The van der Waals surface area contributed by atoms with E-state index in [1.165, 1.54) is 0 Å². The van der Waals surface area contributed by atoms with Gasteiger partial charge in [-0.2, -0.15) is 0 Å². The van der Waals surface area contributed by atoms with Gasteiger partial charge in [0.15, 0.2) is 0 Å². The summed E-state index contributed by atoms with van der Waals surface area (Å²) >= 11 is 0. The highest BCUT2D eigenvalue weighted by molar-refractivity contribution is 7.90. The van der Waals surface area contributed by atoms with Crippen molar-refractivity contribution in [1.29, 1.82) is 0 Å². The maximum atomic E-state index is 10.7. The highest BCUT2D eigenvalue weighted by Crippen LogP contribution is 1.87. The number of hydrogen-bond acceptors (Lipinski definition) is 4. The van der Waals surface area contributed by atoms with Crippen molar-refractivity contribution in [3.63, 3.8) is 0 Å². The summed E-state index contributed by atoms with van der Waals surface area (Å²) in [4.78, 5) is 20.8. The fourth-order valence-corrected chi connectivity index (χ4v) is 1.43. The molecular weight excluding hydrogens is 210 g/mol. The van der Waals surface area contributed by atoms with Crippen molar-refractivity contribution in [3.05, 3.63) is 0 Å². The van der Waals surface area contributed by atoms with E-state index in [9.17, 15) is 18.0 Å². The molecule has 0 aromatic carbocycles. The highest BCUT2D eigenvalue weighted by atomic mass is 32.2. The van der Waals surface area contributed by atoms with E-state index in [-0.39, 0.29) is 12.3 Å². The highest BCUT2D eigenvalue weighted by Gasteiger charge is 2.07. The average Bonchev–Trinajstić information content (AvgIpc) is 1.95. The molecule has 0 saturated heterocycles. The topological polar surface area (TPSA) is 101 Å². The van der Waals surface area contributed by atoms with Crippen molar-refractivity contribution in [3.8, 4) is 0 Å². The van der Waals surface area contributed by atoms with Crippen LogP contribution in [0.4, 0.5) is 0 Å². The van der Waals surface area contributed by atoms with Gasteiger partial charge < -0.3 is 10.4 Å². The zero-order chi connectivity index (χ0) is 11.2. The predicted molar refractivity (Wildman–Crippen MR) is 49.6 cm³/mol. The van der Waals surface area contributed by atoms with E-state index in [2.05, 4.69) is 5.32 Å². The standard InChI is InChI=1S/C7H13NO5S/c1-14(12,13)4-2-3-8-6(9)5-7(10)11/h2-5H2,1H3,(H,8,9)(H,10,11). The normalized spacial score (nSPS) is 10.9. The molecule has 2 N–H and O–H groups in total. The van der Waals surface area contributed by atoms with Crippen LogP contribution in [0, 0.1) is 0 Å². The molecule has 0 unspecified atom stereocenters. The Morgan fingerprint density at radius 1 is 1.36 bits per heavy atom. The van der Waals surface area contributed by atoms with E-state index < -0.39 is 28.1 Å². The molecule has 0 bridgehead atoms. The number of carboxylic acids is 1. The summed E-state index contributed by atoms with van der Waals surface area (Å²) in [7, 11) is -3.01. The van der Waals surface area contributed by atoms with Gasteiger partial charge in [-0.05, 0) is 6.42 Å². The van der Waals surface area contributed by atoms with E-state index >= 15 is 0 Å². The van der Waals surface area contributed by atoms with Gasteiger partial charge in [-0.3, -0.25) is 9.59 Å². The average molecular weight is 223 g/mol. The molecular formula is C7H13NO5S. The van der Waals surface area contributed by atoms with Crippen molar-refractivity contribution in [2.24, 2.45) is 0 Å². The van der Waals surface area contributed by atoms with E-state index in [0.29, 0.717) is 6.42 Å². The summed E-state index contributed by atoms with van der Waals surface area (Å²) in [5.41, 5.74) is 0. The molecule has 0 saturated carbocycles. The Morgan fingerprint density at radius 3 is 2.36 bits per heavy atom. The molecule has 0 atom stereocenters. The fraction of sp³-hybridized carbons (Fsp3) is 0.714. The number of amides is 1. The second-order valence-corrected chi connectivity index (χ2v) is 5.16. The fourth-order valence-electron chi connectivity index (χ4n) is 0.762. The summed E-state index contributed by atoms with van der Waals surface area (Å²) in [6.45, 7) is 0.180. The Morgan fingerprint density at radius 2 is 1.93 bits per heavy atom. The number of rotatable bonds is 6. The summed E-state index contributed by atoms with van der Waals surface area (Å²) in [5, 5.41) is 10.5. The van der Waals surface area contributed by atoms with Crippen LogP contribution in [-0.4, -0.2) is 44.0 Å². The zero-order valence-electron chi connectivity index (χ0n) is 7.82. The summed E-state index contributed by atoms with van der Waals surface area (Å²) in [6.07, 6.45) is 0.815. The van der Waals surface area contributed by atoms with Gasteiger partial charge in [0.1, 0.15) is 16.3 Å². The van der Waals surface area contributed by atoms with Crippen LogP contribution >= 0.6 is 0 Å². The molecule has 7 heteroatoms. The summed E-state index contributed by atoms with van der Waals surface area (Å²) in [6, 6.07) is 0. The Labute approximate surface area is 82.2 Å². The van der Waals surface area contributed by atoms with Crippen LogP contribution in [0.3, 0.4) is 0 Å². The Kier molecular flexibility index (Phi) is 5.14. The number of carbonyl (C=O) groups is 2. The Balaban J connectivity index is 3.56. The van der Waals surface area contributed by atoms with Crippen LogP contribution in [-0.2, 0) is 19.4 Å². The van der Waals surface area contributed by atoms with Crippen molar-refractivity contribution in [2.75, 3.05) is 18.6 Å². The molecule has 14 heavy (non-hydrogen) atoms. The smallest absolute Gasteiger partial charge is 0.312 e. The van der Waals surface area contributed by atoms with E-state index in [4.69, 9.17) is 5.11 Å². The molecule has 0 aliphatic carbocycles. The molecule has 0 aliphatic heterocycles. The number of carboxylic acid groups (broad SMARTS) is 1. The lowest BCUT2D eigenvalue weighted by Gasteiger charge is -2.01. The second kappa shape index (κ2) is 5.58. The number of aliphatic carboxylic acids is 1.